The molecule has 0 spiro atoms. The van der Waals surface area contributed by atoms with Gasteiger partial charge < -0.3 is 10.6 Å². The van der Waals surface area contributed by atoms with Crippen molar-refractivity contribution in [2.45, 2.75) is 31.1 Å². The van der Waals surface area contributed by atoms with E-state index in [-0.39, 0.29) is 31.8 Å². The summed E-state index contributed by atoms with van der Waals surface area (Å²) in [7, 11) is 0. The Bertz CT molecular complexity index is 321. The second kappa shape index (κ2) is 4.17. The predicted molar refractivity (Wildman–Crippen MR) is 51.1 cm³/mol. The molecular formula is C9H12F3N3O2. The summed E-state index contributed by atoms with van der Waals surface area (Å²) in [4.78, 5) is 23.7. The van der Waals surface area contributed by atoms with Crippen molar-refractivity contribution in [3.8, 4) is 0 Å². The van der Waals surface area contributed by atoms with Crippen LogP contribution in [0.5, 0.6) is 0 Å². The first-order valence-electron chi connectivity index (χ1n) is 5.29. The maximum Gasteiger partial charge on any atom is 0.403 e. The molecule has 2 heterocycles. The average molecular weight is 251 g/mol. The van der Waals surface area contributed by atoms with E-state index in [4.69, 9.17) is 0 Å². The first-order chi connectivity index (χ1) is 7.89. The Morgan fingerprint density at radius 2 is 1.94 bits per heavy atom. The Morgan fingerprint density at radius 3 is 2.35 bits per heavy atom. The van der Waals surface area contributed by atoms with Gasteiger partial charge in [0.1, 0.15) is 6.04 Å². The number of nitrogens with one attached hydrogen (secondary N) is 2. The van der Waals surface area contributed by atoms with E-state index in [1.807, 2.05) is 0 Å². The summed E-state index contributed by atoms with van der Waals surface area (Å²) in [5.41, 5.74) is 0. The monoisotopic (exact) mass is 251 g/mol. The molecule has 0 aliphatic carbocycles. The highest BCUT2D eigenvalue weighted by Gasteiger charge is 2.44. The second-order valence-electron chi connectivity index (χ2n) is 4.16. The Balaban J connectivity index is 1.95. The zero-order chi connectivity index (χ0) is 12.6. The fraction of sp³-hybridized carbons (Fsp3) is 0.778. The molecule has 0 aromatic heterocycles. The molecule has 2 unspecified atom stereocenters. The number of urea groups is 1. The first kappa shape index (κ1) is 12.2. The van der Waals surface area contributed by atoms with Crippen LogP contribution in [0, 0.1) is 0 Å². The Kier molecular flexibility index (Phi) is 2.98. The fourth-order valence-electron chi connectivity index (χ4n) is 2.15. The Hall–Kier alpha value is -1.31. The van der Waals surface area contributed by atoms with Gasteiger partial charge in [-0.25, -0.2) is 4.79 Å². The highest BCUT2D eigenvalue weighted by atomic mass is 19.4. The molecule has 2 N–H and O–H groups in total. The lowest BCUT2D eigenvalue weighted by Crippen LogP contribution is -2.55. The number of hydrogen-bond donors (Lipinski definition) is 2. The quantitative estimate of drug-likeness (QED) is 0.655. The van der Waals surface area contributed by atoms with Gasteiger partial charge in [-0.2, -0.15) is 13.2 Å². The maximum absolute atomic E-state index is 12.4. The molecule has 0 saturated carbocycles. The lowest BCUT2D eigenvalue weighted by atomic mass is 9.99. The van der Waals surface area contributed by atoms with Gasteiger partial charge in [-0.3, -0.25) is 9.69 Å². The summed E-state index contributed by atoms with van der Waals surface area (Å²) in [6.07, 6.45) is -4.22. The van der Waals surface area contributed by atoms with Crippen LogP contribution < -0.4 is 10.6 Å². The van der Waals surface area contributed by atoms with E-state index < -0.39 is 24.3 Å². The molecule has 5 nitrogen and oxygen atoms in total. The number of amides is 3. The number of hydrogen-bond acceptors (Lipinski definition) is 3. The molecule has 17 heavy (non-hydrogen) atoms. The van der Waals surface area contributed by atoms with E-state index in [0.29, 0.717) is 0 Å². The third kappa shape index (κ3) is 2.36. The molecule has 0 bridgehead atoms. The van der Waals surface area contributed by atoms with E-state index in [1.54, 1.807) is 0 Å². The van der Waals surface area contributed by atoms with Crippen LogP contribution in [-0.4, -0.2) is 48.2 Å². The van der Waals surface area contributed by atoms with Crippen LogP contribution in [0.15, 0.2) is 0 Å². The number of carbonyl (C=O) groups is 2. The van der Waals surface area contributed by atoms with E-state index in [1.165, 1.54) is 0 Å². The zero-order valence-corrected chi connectivity index (χ0v) is 8.88. The van der Waals surface area contributed by atoms with Crippen LogP contribution in [0.25, 0.3) is 0 Å². The summed E-state index contributed by atoms with van der Waals surface area (Å²) >= 11 is 0. The number of halogens is 3. The van der Waals surface area contributed by atoms with Gasteiger partial charge in [0.2, 0.25) is 5.91 Å². The number of piperidine rings is 1. The number of nitrogens with zero attached hydrogens (tertiary/aromatic N) is 1. The van der Waals surface area contributed by atoms with Crippen molar-refractivity contribution in [3.05, 3.63) is 0 Å². The molecule has 96 valence electrons. The van der Waals surface area contributed by atoms with Crippen molar-refractivity contribution in [2.24, 2.45) is 0 Å². The molecule has 3 amide bonds. The third-order valence-corrected chi connectivity index (χ3v) is 3.03. The molecular weight excluding hydrogens is 239 g/mol. The molecule has 2 saturated heterocycles. The van der Waals surface area contributed by atoms with Crippen LogP contribution in [0.4, 0.5) is 18.0 Å². The number of rotatable bonds is 1. The van der Waals surface area contributed by atoms with Gasteiger partial charge in [-0.1, -0.05) is 0 Å². The van der Waals surface area contributed by atoms with Gasteiger partial charge in [-0.05, 0) is 12.8 Å². The van der Waals surface area contributed by atoms with Crippen LogP contribution in [0.1, 0.15) is 12.8 Å². The Labute approximate surface area is 95.3 Å². The van der Waals surface area contributed by atoms with E-state index in [2.05, 4.69) is 10.6 Å². The lowest BCUT2D eigenvalue weighted by Gasteiger charge is -2.34. The van der Waals surface area contributed by atoms with Crippen molar-refractivity contribution in [1.29, 1.82) is 0 Å². The van der Waals surface area contributed by atoms with Crippen LogP contribution >= 0.6 is 0 Å². The lowest BCUT2D eigenvalue weighted by molar-refractivity contribution is -0.162. The van der Waals surface area contributed by atoms with Crippen molar-refractivity contribution < 1.29 is 22.8 Å². The predicted octanol–water partition coefficient (Wildman–Crippen LogP) is 0.221. The molecule has 0 aromatic carbocycles. The molecule has 2 aliphatic heterocycles. The van der Waals surface area contributed by atoms with Crippen LogP contribution in [0.2, 0.25) is 0 Å². The number of carbonyl (C=O) groups excluding carboxylic acids is 2. The molecule has 2 rings (SSSR count). The topological polar surface area (TPSA) is 61.4 Å². The summed E-state index contributed by atoms with van der Waals surface area (Å²) in [5.74, 6) is -0.382. The Morgan fingerprint density at radius 1 is 1.24 bits per heavy atom. The van der Waals surface area contributed by atoms with E-state index in [9.17, 15) is 22.8 Å². The smallest absolute Gasteiger partial charge is 0.329 e. The summed E-state index contributed by atoms with van der Waals surface area (Å²) in [6, 6.07) is -2.55. The van der Waals surface area contributed by atoms with Crippen LogP contribution in [0.3, 0.4) is 0 Å². The number of alkyl halides is 3. The van der Waals surface area contributed by atoms with Crippen LogP contribution in [-0.2, 0) is 4.79 Å². The fourth-order valence-corrected chi connectivity index (χ4v) is 2.15. The van der Waals surface area contributed by atoms with E-state index >= 15 is 0 Å². The molecule has 0 aromatic rings. The van der Waals surface area contributed by atoms with Crippen molar-refractivity contribution in [2.75, 3.05) is 13.1 Å². The second-order valence-corrected chi connectivity index (χ2v) is 4.16. The van der Waals surface area contributed by atoms with Gasteiger partial charge in [0.05, 0.1) is 12.6 Å². The third-order valence-electron chi connectivity index (χ3n) is 3.03. The average Bonchev–Trinajstić information content (AvgIpc) is 2.58. The zero-order valence-electron chi connectivity index (χ0n) is 8.88. The highest BCUT2D eigenvalue weighted by molar-refractivity contribution is 6.02. The van der Waals surface area contributed by atoms with E-state index in [0.717, 1.165) is 4.90 Å². The molecule has 2 aliphatic rings. The minimum atomic E-state index is -4.28. The summed E-state index contributed by atoms with van der Waals surface area (Å²) in [5, 5.41) is 4.67. The molecule has 2 fully saturated rings. The highest BCUT2D eigenvalue weighted by Crippen LogP contribution is 2.27. The SMILES string of the molecule is O=C1CNC(=O)N1C1CCC(C(F)(F)F)NC1. The normalized spacial score (nSPS) is 30.6. The maximum atomic E-state index is 12.4. The van der Waals surface area contributed by atoms with Crippen molar-refractivity contribution >= 4 is 11.9 Å². The van der Waals surface area contributed by atoms with Gasteiger partial charge in [0.15, 0.2) is 0 Å². The molecule has 2 atom stereocenters. The van der Waals surface area contributed by atoms with Crippen molar-refractivity contribution in [1.82, 2.24) is 15.5 Å². The van der Waals surface area contributed by atoms with Crippen molar-refractivity contribution in [3.63, 3.8) is 0 Å². The van der Waals surface area contributed by atoms with Gasteiger partial charge >= 0.3 is 12.2 Å². The standard InChI is InChI=1S/C9H12F3N3O2/c10-9(11,12)6-2-1-5(3-13-6)15-7(16)4-14-8(15)17/h5-6,13H,1-4H2,(H,14,17). The minimum Gasteiger partial charge on any atom is -0.329 e. The van der Waals surface area contributed by atoms with Gasteiger partial charge in [0, 0.05) is 6.54 Å². The van der Waals surface area contributed by atoms with Gasteiger partial charge in [-0.15, -0.1) is 0 Å². The summed E-state index contributed by atoms with van der Waals surface area (Å²) < 4.78 is 37.1. The first-order valence-corrected chi connectivity index (χ1v) is 5.29. The van der Waals surface area contributed by atoms with Gasteiger partial charge in [0.25, 0.3) is 0 Å². The minimum absolute atomic E-state index is 0.0106. The molecule has 8 heteroatoms. The largest absolute Gasteiger partial charge is 0.403 e. The number of imide groups is 1. The summed E-state index contributed by atoms with van der Waals surface area (Å²) in [6.45, 7) is -0.0820. The molecule has 0 radical (unpaired) electrons.